The van der Waals surface area contributed by atoms with E-state index in [0.29, 0.717) is 6.54 Å². The number of aryl methyl sites for hydroxylation is 1. The molecule has 0 radical (unpaired) electrons. The van der Waals surface area contributed by atoms with Crippen LogP contribution in [0.3, 0.4) is 0 Å². The number of hydrogen-bond donors (Lipinski definition) is 1. The van der Waals surface area contributed by atoms with E-state index in [1.54, 1.807) is 11.6 Å². The van der Waals surface area contributed by atoms with Gasteiger partial charge in [-0.15, -0.1) is 5.10 Å². The molecule has 0 aliphatic heterocycles. The van der Waals surface area contributed by atoms with Crippen molar-refractivity contribution in [3.05, 3.63) is 36.2 Å². The van der Waals surface area contributed by atoms with Gasteiger partial charge in [-0.1, -0.05) is 12.1 Å². The summed E-state index contributed by atoms with van der Waals surface area (Å²) in [6.07, 6.45) is 1.84. The SMILES string of the molecule is COc1ccccc1-c1nn2cc(CN)nc2n1C. The molecule has 2 N–H and O–H groups in total. The number of methoxy groups -OCH3 is 1. The average molecular weight is 257 g/mol. The normalized spacial score (nSPS) is 11.1. The maximum Gasteiger partial charge on any atom is 0.232 e. The molecule has 98 valence electrons. The Balaban J connectivity index is 2.20. The quantitative estimate of drug-likeness (QED) is 0.765. The van der Waals surface area contributed by atoms with Crippen LogP contribution in [0.2, 0.25) is 0 Å². The summed E-state index contributed by atoms with van der Waals surface area (Å²) in [6, 6.07) is 7.78. The fourth-order valence-corrected chi connectivity index (χ4v) is 2.14. The van der Waals surface area contributed by atoms with Crippen LogP contribution in [-0.4, -0.2) is 26.3 Å². The lowest BCUT2D eigenvalue weighted by molar-refractivity contribution is 0.416. The Hall–Kier alpha value is -2.34. The highest BCUT2D eigenvalue weighted by molar-refractivity contribution is 5.66. The lowest BCUT2D eigenvalue weighted by atomic mass is 10.2. The van der Waals surface area contributed by atoms with Crippen LogP contribution in [0.15, 0.2) is 30.5 Å². The Morgan fingerprint density at radius 3 is 2.79 bits per heavy atom. The number of rotatable bonds is 3. The monoisotopic (exact) mass is 257 g/mol. The summed E-state index contributed by atoms with van der Waals surface area (Å²) in [7, 11) is 3.58. The minimum absolute atomic E-state index is 0.410. The Labute approximate surface area is 110 Å². The van der Waals surface area contributed by atoms with Gasteiger partial charge in [0.2, 0.25) is 5.78 Å². The van der Waals surface area contributed by atoms with Crippen molar-refractivity contribution in [2.75, 3.05) is 7.11 Å². The van der Waals surface area contributed by atoms with Gasteiger partial charge in [-0.25, -0.2) is 9.50 Å². The third kappa shape index (κ3) is 1.77. The molecular weight excluding hydrogens is 242 g/mol. The summed E-state index contributed by atoms with van der Waals surface area (Å²) in [5, 5.41) is 4.54. The number of aromatic nitrogens is 4. The zero-order chi connectivity index (χ0) is 13.4. The summed E-state index contributed by atoms with van der Waals surface area (Å²) < 4.78 is 9.04. The highest BCUT2D eigenvalue weighted by atomic mass is 16.5. The number of ether oxygens (including phenoxy) is 1. The first kappa shape index (κ1) is 11.7. The van der Waals surface area contributed by atoms with Crippen LogP contribution >= 0.6 is 0 Å². The molecule has 0 atom stereocenters. The maximum atomic E-state index is 5.58. The molecule has 2 heterocycles. The first-order valence-electron chi connectivity index (χ1n) is 5.99. The molecular formula is C13H15N5O. The molecule has 0 aliphatic carbocycles. The average Bonchev–Trinajstić information content (AvgIpc) is 2.98. The van der Waals surface area contributed by atoms with Crippen LogP contribution < -0.4 is 10.5 Å². The smallest absolute Gasteiger partial charge is 0.232 e. The van der Waals surface area contributed by atoms with E-state index < -0.39 is 0 Å². The van der Waals surface area contributed by atoms with Crippen LogP contribution in [0, 0.1) is 0 Å². The van der Waals surface area contributed by atoms with Gasteiger partial charge in [0.05, 0.1) is 24.6 Å². The molecule has 0 fully saturated rings. The first-order chi connectivity index (χ1) is 9.24. The highest BCUT2D eigenvalue weighted by Crippen LogP contribution is 2.28. The second-order valence-electron chi connectivity index (χ2n) is 4.26. The van der Waals surface area contributed by atoms with Crippen molar-refractivity contribution >= 4 is 5.78 Å². The zero-order valence-electron chi connectivity index (χ0n) is 10.9. The van der Waals surface area contributed by atoms with E-state index in [2.05, 4.69) is 10.1 Å². The van der Waals surface area contributed by atoms with Crippen molar-refractivity contribution in [3.8, 4) is 17.1 Å². The second kappa shape index (κ2) is 4.40. The number of nitrogens with zero attached hydrogens (tertiary/aromatic N) is 4. The molecule has 6 nitrogen and oxygen atoms in total. The molecule has 0 saturated heterocycles. The lowest BCUT2D eigenvalue weighted by Gasteiger charge is -2.06. The summed E-state index contributed by atoms with van der Waals surface area (Å²) in [5.41, 5.74) is 7.35. The summed E-state index contributed by atoms with van der Waals surface area (Å²) >= 11 is 0. The van der Waals surface area contributed by atoms with Gasteiger partial charge in [0.15, 0.2) is 5.82 Å². The molecule has 0 aliphatic rings. The maximum absolute atomic E-state index is 5.58. The van der Waals surface area contributed by atoms with Crippen LogP contribution in [0.4, 0.5) is 0 Å². The van der Waals surface area contributed by atoms with Crippen molar-refractivity contribution in [1.82, 2.24) is 19.2 Å². The number of hydrogen-bond acceptors (Lipinski definition) is 4. The first-order valence-corrected chi connectivity index (χ1v) is 5.99. The lowest BCUT2D eigenvalue weighted by Crippen LogP contribution is -1.99. The van der Waals surface area contributed by atoms with Crippen LogP contribution in [0.1, 0.15) is 5.69 Å². The van der Waals surface area contributed by atoms with Crippen molar-refractivity contribution in [3.63, 3.8) is 0 Å². The third-order valence-corrected chi connectivity index (χ3v) is 3.10. The molecule has 1 aromatic carbocycles. The van der Waals surface area contributed by atoms with E-state index in [1.807, 2.05) is 42.1 Å². The fraction of sp³-hybridized carbons (Fsp3) is 0.231. The molecule has 3 rings (SSSR count). The number of para-hydroxylation sites is 1. The molecule has 2 aromatic heterocycles. The topological polar surface area (TPSA) is 70.4 Å². The van der Waals surface area contributed by atoms with Crippen LogP contribution in [0.25, 0.3) is 17.2 Å². The number of benzene rings is 1. The largest absolute Gasteiger partial charge is 0.496 e. The Bertz CT molecular complexity index is 728. The van der Waals surface area contributed by atoms with E-state index in [0.717, 1.165) is 28.6 Å². The van der Waals surface area contributed by atoms with Crippen LogP contribution in [-0.2, 0) is 13.6 Å². The zero-order valence-corrected chi connectivity index (χ0v) is 10.9. The summed E-state index contributed by atoms with van der Waals surface area (Å²) in [6.45, 7) is 0.410. The Morgan fingerprint density at radius 2 is 2.11 bits per heavy atom. The Morgan fingerprint density at radius 1 is 1.32 bits per heavy atom. The Kier molecular flexibility index (Phi) is 2.72. The molecule has 0 amide bonds. The second-order valence-corrected chi connectivity index (χ2v) is 4.26. The van der Waals surface area contributed by atoms with E-state index in [1.165, 1.54) is 0 Å². The van der Waals surface area contributed by atoms with Crippen LogP contribution in [0.5, 0.6) is 5.75 Å². The van der Waals surface area contributed by atoms with Crippen molar-refractivity contribution in [2.45, 2.75) is 6.54 Å². The predicted molar refractivity (Wildman–Crippen MR) is 71.8 cm³/mol. The van der Waals surface area contributed by atoms with E-state index in [-0.39, 0.29) is 0 Å². The van der Waals surface area contributed by atoms with Gasteiger partial charge in [0.1, 0.15) is 5.75 Å². The molecule has 0 unspecified atom stereocenters. The molecule has 19 heavy (non-hydrogen) atoms. The molecule has 3 aromatic rings. The van der Waals surface area contributed by atoms with Crippen molar-refractivity contribution < 1.29 is 4.74 Å². The predicted octanol–water partition coefficient (Wildman–Crippen LogP) is 1.20. The summed E-state index contributed by atoms with van der Waals surface area (Å²) in [5.74, 6) is 2.36. The number of imidazole rings is 1. The van der Waals surface area contributed by atoms with Gasteiger partial charge in [-0.2, -0.15) is 0 Å². The third-order valence-electron chi connectivity index (χ3n) is 3.10. The van der Waals surface area contributed by atoms with Gasteiger partial charge in [-0.3, -0.25) is 4.57 Å². The number of fused-ring (bicyclic) bond motifs is 1. The molecule has 0 saturated carbocycles. The van der Waals surface area contributed by atoms with E-state index in [4.69, 9.17) is 10.5 Å². The van der Waals surface area contributed by atoms with E-state index >= 15 is 0 Å². The highest BCUT2D eigenvalue weighted by Gasteiger charge is 2.15. The summed E-state index contributed by atoms with van der Waals surface area (Å²) in [4.78, 5) is 4.43. The molecule has 0 bridgehead atoms. The minimum Gasteiger partial charge on any atom is -0.496 e. The van der Waals surface area contributed by atoms with Gasteiger partial charge in [0.25, 0.3) is 0 Å². The minimum atomic E-state index is 0.410. The molecule has 6 heteroatoms. The van der Waals surface area contributed by atoms with E-state index in [9.17, 15) is 0 Å². The van der Waals surface area contributed by atoms with Gasteiger partial charge >= 0.3 is 0 Å². The van der Waals surface area contributed by atoms with Crippen molar-refractivity contribution in [2.24, 2.45) is 12.8 Å². The van der Waals surface area contributed by atoms with Gasteiger partial charge < -0.3 is 10.5 Å². The van der Waals surface area contributed by atoms with Gasteiger partial charge in [-0.05, 0) is 12.1 Å². The van der Waals surface area contributed by atoms with Gasteiger partial charge in [0, 0.05) is 13.6 Å². The van der Waals surface area contributed by atoms with Crippen molar-refractivity contribution in [1.29, 1.82) is 0 Å². The standard InChI is InChI=1S/C13H15N5O/c1-17-12(10-5-3-4-6-11(10)19-2)16-18-8-9(7-14)15-13(17)18/h3-6,8H,7,14H2,1-2H3. The number of nitrogens with two attached hydrogens (primary N) is 1. The molecule has 0 spiro atoms. The fourth-order valence-electron chi connectivity index (χ4n) is 2.14.